The fourth-order valence-electron chi connectivity index (χ4n) is 1.22. The lowest BCUT2D eigenvalue weighted by molar-refractivity contribution is -0.112. The molecule has 0 atom stereocenters. The fraction of sp³-hybridized carbons (Fsp3) is 0.133. The van der Waals surface area contributed by atoms with Gasteiger partial charge in [-0.15, -0.1) is 0 Å². The van der Waals surface area contributed by atoms with Crippen molar-refractivity contribution >= 4 is 33.2 Å². The normalized spacial score (nSPS) is 9.95. The first-order chi connectivity index (χ1) is 9.04. The van der Waals surface area contributed by atoms with Crippen LogP contribution in [0.5, 0.6) is 0 Å². The Morgan fingerprint density at radius 3 is 2.53 bits per heavy atom. The Kier molecular flexibility index (Phi) is 8.29. The van der Waals surface area contributed by atoms with E-state index in [1.165, 1.54) is 6.08 Å². The Balaban J connectivity index is 0.00000154. The van der Waals surface area contributed by atoms with Gasteiger partial charge in [0.15, 0.2) is 0 Å². The summed E-state index contributed by atoms with van der Waals surface area (Å²) in [5.41, 5.74) is 7.27. The smallest absolute Gasteiger partial charge is 0.256 e. The molecule has 3 nitrogen and oxygen atoms in total. The minimum atomic E-state index is -0.266. The van der Waals surface area contributed by atoms with Crippen LogP contribution in [0.2, 0.25) is 0 Å². The lowest BCUT2D eigenvalue weighted by atomic mass is 10.2. The highest BCUT2D eigenvalue weighted by molar-refractivity contribution is 9.12. The van der Waals surface area contributed by atoms with E-state index in [4.69, 9.17) is 5.73 Å². The van der Waals surface area contributed by atoms with Gasteiger partial charge in [-0.2, -0.15) is 0 Å². The lowest BCUT2D eigenvalue weighted by Crippen LogP contribution is -2.14. The summed E-state index contributed by atoms with van der Waals surface area (Å²) in [6.45, 7) is 11.2. The summed E-state index contributed by atoms with van der Waals surface area (Å²) in [4.78, 5) is 11.9. The number of hydrogen-bond donors (Lipinski definition) is 2. The molecule has 1 rings (SSSR count). The van der Waals surface area contributed by atoms with E-state index < -0.39 is 0 Å². The van der Waals surface area contributed by atoms with Crippen LogP contribution in [0.15, 0.2) is 59.6 Å². The average Bonchev–Trinajstić information content (AvgIpc) is 2.37. The van der Waals surface area contributed by atoms with Crippen molar-refractivity contribution < 1.29 is 4.79 Å². The van der Waals surface area contributed by atoms with Gasteiger partial charge in [0.05, 0.1) is 5.57 Å². The van der Waals surface area contributed by atoms with Crippen LogP contribution >= 0.6 is 15.9 Å². The Hall–Kier alpha value is -1.81. The van der Waals surface area contributed by atoms with Crippen molar-refractivity contribution in [2.45, 2.75) is 13.8 Å². The van der Waals surface area contributed by atoms with E-state index in [0.717, 1.165) is 0 Å². The van der Waals surface area contributed by atoms with Crippen LogP contribution in [0, 0.1) is 0 Å². The minimum Gasteiger partial charge on any atom is -0.399 e. The molecule has 0 heterocycles. The molecule has 1 amide bonds. The molecule has 0 aliphatic carbocycles. The van der Waals surface area contributed by atoms with E-state index in [0.29, 0.717) is 21.4 Å². The van der Waals surface area contributed by atoms with E-state index in [1.807, 2.05) is 13.8 Å². The van der Waals surface area contributed by atoms with Gasteiger partial charge in [-0.25, -0.2) is 0 Å². The Labute approximate surface area is 123 Å². The highest BCUT2D eigenvalue weighted by Gasteiger charge is 2.10. The van der Waals surface area contributed by atoms with Crippen molar-refractivity contribution in [1.82, 2.24) is 0 Å². The van der Waals surface area contributed by atoms with Gasteiger partial charge in [-0.1, -0.05) is 55.1 Å². The summed E-state index contributed by atoms with van der Waals surface area (Å²) < 4.78 is 0.499. The van der Waals surface area contributed by atoms with Crippen LogP contribution < -0.4 is 11.1 Å². The number of carbonyl (C=O) groups excluding carboxylic acids is 1. The zero-order chi connectivity index (χ0) is 14.8. The summed E-state index contributed by atoms with van der Waals surface area (Å²) in [6.07, 6.45) is 3.11. The number of nitrogen functional groups attached to an aromatic ring is 1. The quantitative estimate of drug-likeness (QED) is 0.494. The van der Waals surface area contributed by atoms with Gasteiger partial charge < -0.3 is 11.1 Å². The van der Waals surface area contributed by atoms with Crippen LogP contribution in [0.4, 0.5) is 11.4 Å². The summed E-state index contributed by atoms with van der Waals surface area (Å²) in [5, 5.41) is 2.72. The predicted molar refractivity (Wildman–Crippen MR) is 87.2 cm³/mol. The SMILES string of the molecule is C=C/C=C(\C(=C)Br)C(=O)Nc1cccc(N)c1.CC. The molecule has 19 heavy (non-hydrogen) atoms. The van der Waals surface area contributed by atoms with Crippen LogP contribution in [-0.4, -0.2) is 5.91 Å². The average molecular weight is 323 g/mol. The topological polar surface area (TPSA) is 55.1 Å². The molecular formula is C15H19BrN2O. The number of hydrogen-bond acceptors (Lipinski definition) is 2. The molecular weight excluding hydrogens is 304 g/mol. The number of carbonyl (C=O) groups is 1. The van der Waals surface area contributed by atoms with E-state index in [-0.39, 0.29) is 5.91 Å². The molecule has 0 aromatic heterocycles. The van der Waals surface area contributed by atoms with Crippen molar-refractivity contribution in [1.29, 1.82) is 0 Å². The first-order valence-electron chi connectivity index (χ1n) is 5.89. The van der Waals surface area contributed by atoms with Gasteiger partial charge in [-0.05, 0) is 24.3 Å². The summed E-state index contributed by atoms with van der Waals surface area (Å²) in [5.74, 6) is -0.266. The van der Waals surface area contributed by atoms with E-state index in [2.05, 4.69) is 34.4 Å². The third-order valence-electron chi connectivity index (χ3n) is 1.97. The molecule has 0 aliphatic heterocycles. The van der Waals surface area contributed by atoms with Gasteiger partial charge in [0.1, 0.15) is 0 Å². The Morgan fingerprint density at radius 1 is 1.42 bits per heavy atom. The fourth-order valence-corrected chi connectivity index (χ4v) is 1.53. The first kappa shape index (κ1) is 17.2. The second-order valence-electron chi connectivity index (χ2n) is 3.30. The highest BCUT2D eigenvalue weighted by Crippen LogP contribution is 2.18. The molecule has 3 N–H and O–H groups in total. The molecule has 0 aliphatic rings. The number of nitrogens with one attached hydrogen (secondary N) is 1. The van der Waals surface area contributed by atoms with Gasteiger partial charge in [0.2, 0.25) is 0 Å². The van der Waals surface area contributed by atoms with Crippen molar-refractivity contribution in [2.24, 2.45) is 0 Å². The second-order valence-corrected chi connectivity index (χ2v) is 4.26. The van der Waals surface area contributed by atoms with Crippen LogP contribution in [0.3, 0.4) is 0 Å². The molecule has 0 bridgehead atoms. The number of rotatable bonds is 4. The van der Waals surface area contributed by atoms with Gasteiger partial charge in [0.25, 0.3) is 5.91 Å². The third-order valence-corrected chi connectivity index (χ3v) is 2.39. The maximum atomic E-state index is 11.9. The largest absolute Gasteiger partial charge is 0.399 e. The number of benzene rings is 1. The van der Waals surface area contributed by atoms with Crippen LogP contribution in [0.1, 0.15) is 13.8 Å². The Morgan fingerprint density at radius 2 is 2.05 bits per heavy atom. The maximum absolute atomic E-state index is 11.9. The van der Waals surface area contributed by atoms with Gasteiger partial charge in [0, 0.05) is 15.9 Å². The molecule has 0 fully saturated rings. The van der Waals surface area contributed by atoms with Crippen molar-refractivity contribution in [3.05, 3.63) is 59.6 Å². The number of anilines is 2. The Bertz CT molecular complexity index is 493. The van der Waals surface area contributed by atoms with Crippen molar-refractivity contribution in [2.75, 3.05) is 11.1 Å². The summed E-state index contributed by atoms with van der Waals surface area (Å²) in [6, 6.07) is 6.96. The first-order valence-corrected chi connectivity index (χ1v) is 6.68. The standard InChI is InChI=1S/C13H13BrN2O.C2H6/c1-3-5-12(9(2)14)13(17)16-11-7-4-6-10(15)8-11;1-2/h3-8H,1-2,15H2,(H,16,17);1-2H3/b12-5+;. The van der Waals surface area contributed by atoms with E-state index in [9.17, 15) is 4.79 Å². The molecule has 102 valence electrons. The monoisotopic (exact) mass is 322 g/mol. The zero-order valence-corrected chi connectivity index (χ0v) is 12.8. The second kappa shape index (κ2) is 9.16. The number of halogens is 1. The molecule has 0 spiro atoms. The van der Waals surface area contributed by atoms with Gasteiger partial charge in [-0.3, -0.25) is 4.79 Å². The zero-order valence-electron chi connectivity index (χ0n) is 11.2. The maximum Gasteiger partial charge on any atom is 0.256 e. The molecule has 0 unspecified atom stereocenters. The lowest BCUT2D eigenvalue weighted by Gasteiger charge is -2.07. The van der Waals surface area contributed by atoms with Crippen molar-refractivity contribution in [3.63, 3.8) is 0 Å². The molecule has 0 saturated heterocycles. The van der Waals surface area contributed by atoms with Crippen molar-refractivity contribution in [3.8, 4) is 0 Å². The number of nitrogens with two attached hydrogens (primary N) is 1. The summed E-state index contributed by atoms with van der Waals surface area (Å²) in [7, 11) is 0. The van der Waals surface area contributed by atoms with Crippen LogP contribution in [0.25, 0.3) is 0 Å². The van der Waals surface area contributed by atoms with Crippen LogP contribution in [-0.2, 0) is 4.79 Å². The minimum absolute atomic E-state index is 0.266. The van der Waals surface area contributed by atoms with E-state index in [1.54, 1.807) is 30.3 Å². The molecule has 4 heteroatoms. The number of allylic oxidation sites excluding steroid dienone is 2. The highest BCUT2D eigenvalue weighted by atomic mass is 79.9. The van der Waals surface area contributed by atoms with Gasteiger partial charge >= 0.3 is 0 Å². The third kappa shape index (κ3) is 6.06. The molecule has 1 aromatic rings. The summed E-state index contributed by atoms with van der Waals surface area (Å²) >= 11 is 3.17. The molecule has 0 saturated carbocycles. The number of amides is 1. The van der Waals surface area contributed by atoms with E-state index >= 15 is 0 Å². The molecule has 0 radical (unpaired) electrons. The predicted octanol–water partition coefficient (Wildman–Crippen LogP) is 4.25. The molecule has 1 aromatic carbocycles.